The maximum atomic E-state index is 12.7. The fraction of sp³-hybridized carbons (Fsp3) is 0.231. The Morgan fingerprint density at radius 2 is 2.03 bits per heavy atom. The summed E-state index contributed by atoms with van der Waals surface area (Å²) >= 11 is 0. The number of likely N-dealkylation sites (tertiary alicyclic amines) is 1. The van der Waals surface area contributed by atoms with Crippen LogP contribution in [0.3, 0.4) is 0 Å². The first-order valence-electron chi connectivity index (χ1n) is 11.6. The zero-order valence-electron chi connectivity index (χ0n) is 19.7. The van der Waals surface area contributed by atoms with Gasteiger partial charge < -0.3 is 19.5 Å². The van der Waals surface area contributed by atoms with Crippen molar-refractivity contribution < 1.29 is 18.8 Å². The molecule has 1 fully saturated rings. The topological polar surface area (TPSA) is 123 Å². The predicted octanol–water partition coefficient (Wildman–Crippen LogP) is 3.93. The molecule has 0 atom stereocenters. The Hall–Kier alpha value is -4.60. The molecule has 4 heterocycles. The Kier molecular flexibility index (Phi) is 6.65. The van der Waals surface area contributed by atoms with E-state index in [1.165, 1.54) is 0 Å². The molecular formula is C26H24N6O4. The van der Waals surface area contributed by atoms with Crippen LogP contribution < -0.4 is 10.1 Å². The molecule has 36 heavy (non-hydrogen) atoms. The van der Waals surface area contributed by atoms with E-state index in [-0.39, 0.29) is 18.2 Å². The van der Waals surface area contributed by atoms with E-state index in [0.29, 0.717) is 59.8 Å². The summed E-state index contributed by atoms with van der Waals surface area (Å²) in [4.78, 5) is 39.4. The third kappa shape index (κ3) is 5.54. The monoisotopic (exact) mass is 484 g/mol. The lowest BCUT2D eigenvalue weighted by Gasteiger charge is -2.19. The molecule has 0 aliphatic carbocycles. The molecule has 1 N–H and O–H groups in total. The summed E-state index contributed by atoms with van der Waals surface area (Å²) in [5, 5.41) is 6.82. The van der Waals surface area contributed by atoms with Gasteiger partial charge in [-0.3, -0.25) is 14.6 Å². The largest absolute Gasteiger partial charge is 0.456 e. The van der Waals surface area contributed by atoms with Crippen molar-refractivity contribution >= 4 is 17.5 Å². The van der Waals surface area contributed by atoms with Crippen LogP contribution in [0.25, 0.3) is 11.5 Å². The van der Waals surface area contributed by atoms with Crippen LogP contribution in [0.1, 0.15) is 30.0 Å². The zero-order valence-corrected chi connectivity index (χ0v) is 19.7. The normalized spacial score (nSPS) is 13.1. The molecule has 1 saturated heterocycles. The van der Waals surface area contributed by atoms with Crippen molar-refractivity contribution in [1.82, 2.24) is 25.0 Å². The van der Waals surface area contributed by atoms with Crippen LogP contribution in [0.2, 0.25) is 0 Å². The van der Waals surface area contributed by atoms with Crippen LogP contribution in [0, 0.1) is 6.92 Å². The second-order valence-corrected chi connectivity index (χ2v) is 8.40. The molecule has 10 nitrogen and oxygen atoms in total. The van der Waals surface area contributed by atoms with Crippen LogP contribution in [0.15, 0.2) is 65.4 Å². The molecule has 3 aromatic heterocycles. The second-order valence-electron chi connectivity index (χ2n) is 8.40. The van der Waals surface area contributed by atoms with Gasteiger partial charge in [-0.15, -0.1) is 0 Å². The summed E-state index contributed by atoms with van der Waals surface area (Å²) in [6.45, 7) is 2.78. The highest BCUT2D eigenvalue weighted by molar-refractivity contribution is 5.93. The van der Waals surface area contributed by atoms with Crippen LogP contribution in [-0.4, -0.2) is 43.4 Å². The van der Waals surface area contributed by atoms with Crippen LogP contribution in [0.4, 0.5) is 5.69 Å². The fourth-order valence-electron chi connectivity index (χ4n) is 3.94. The van der Waals surface area contributed by atoms with Gasteiger partial charge in [0.05, 0.1) is 12.6 Å². The average Bonchev–Trinajstić information content (AvgIpc) is 3.49. The standard InChI is InChI=1S/C26H24N6O4/c1-17-29-26(31-36-17)23-10-8-21(15-28-23)35-20-7-9-22(18(13-20)16-32-12-4-6-25(32)34)30-24(33)14-19-5-2-3-11-27-19/h2-3,5,7-11,13,15H,4,6,12,14,16H2,1H3,(H,30,33). The number of rotatable bonds is 8. The Morgan fingerprint density at radius 1 is 1.14 bits per heavy atom. The van der Waals surface area contributed by atoms with Crippen molar-refractivity contribution in [3.05, 3.63) is 78.1 Å². The van der Waals surface area contributed by atoms with Gasteiger partial charge in [-0.1, -0.05) is 11.2 Å². The highest BCUT2D eigenvalue weighted by Gasteiger charge is 2.22. The van der Waals surface area contributed by atoms with Crippen LogP contribution in [0.5, 0.6) is 11.5 Å². The predicted molar refractivity (Wildman–Crippen MR) is 130 cm³/mol. The minimum absolute atomic E-state index is 0.101. The van der Waals surface area contributed by atoms with E-state index in [4.69, 9.17) is 9.26 Å². The quantitative estimate of drug-likeness (QED) is 0.399. The van der Waals surface area contributed by atoms with Gasteiger partial charge in [-0.2, -0.15) is 4.98 Å². The molecule has 10 heteroatoms. The Morgan fingerprint density at radius 3 is 2.72 bits per heavy atom. The number of pyridine rings is 2. The summed E-state index contributed by atoms with van der Waals surface area (Å²) in [6.07, 6.45) is 4.75. The number of amides is 2. The van der Waals surface area contributed by atoms with Gasteiger partial charge >= 0.3 is 0 Å². The minimum atomic E-state index is -0.187. The maximum Gasteiger partial charge on any atom is 0.230 e. The molecule has 5 rings (SSSR count). The van der Waals surface area contributed by atoms with Crippen molar-refractivity contribution in [2.24, 2.45) is 0 Å². The van der Waals surface area contributed by atoms with Gasteiger partial charge in [0.15, 0.2) is 0 Å². The Labute approximate surface area is 207 Å². The smallest absolute Gasteiger partial charge is 0.230 e. The molecule has 0 unspecified atom stereocenters. The summed E-state index contributed by atoms with van der Waals surface area (Å²) in [5.74, 6) is 1.86. The Bertz CT molecular complexity index is 1370. The number of aromatic nitrogens is 4. The number of ether oxygens (including phenoxy) is 1. The van der Waals surface area contributed by atoms with E-state index in [2.05, 4.69) is 25.4 Å². The molecule has 182 valence electrons. The van der Waals surface area contributed by atoms with Crippen molar-refractivity contribution in [3.63, 3.8) is 0 Å². The van der Waals surface area contributed by atoms with Gasteiger partial charge in [-0.05, 0) is 54.4 Å². The van der Waals surface area contributed by atoms with Crippen molar-refractivity contribution in [2.75, 3.05) is 11.9 Å². The van der Waals surface area contributed by atoms with Gasteiger partial charge in [0.2, 0.25) is 23.5 Å². The SMILES string of the molecule is Cc1nc(-c2ccc(Oc3ccc(NC(=O)Cc4ccccn4)c(CN4CCCC4=O)c3)cn2)no1. The summed E-state index contributed by atoms with van der Waals surface area (Å²) in [5.41, 5.74) is 2.66. The molecule has 0 saturated carbocycles. The number of anilines is 1. The summed E-state index contributed by atoms with van der Waals surface area (Å²) < 4.78 is 11.0. The highest BCUT2D eigenvalue weighted by atomic mass is 16.5. The first-order chi connectivity index (χ1) is 17.5. The van der Waals surface area contributed by atoms with Crippen LogP contribution >= 0.6 is 0 Å². The molecular weight excluding hydrogens is 460 g/mol. The Balaban J connectivity index is 1.34. The van der Waals surface area contributed by atoms with Crippen molar-refractivity contribution in [3.8, 4) is 23.0 Å². The first-order valence-corrected chi connectivity index (χ1v) is 11.6. The minimum Gasteiger partial charge on any atom is -0.456 e. The van der Waals surface area contributed by atoms with Gasteiger partial charge in [0, 0.05) is 44.0 Å². The number of aryl methyl sites for hydroxylation is 1. The van der Waals surface area contributed by atoms with E-state index >= 15 is 0 Å². The number of carbonyl (C=O) groups excluding carboxylic acids is 2. The molecule has 1 aliphatic heterocycles. The number of hydrogen-bond acceptors (Lipinski definition) is 8. The lowest BCUT2D eigenvalue weighted by atomic mass is 10.1. The average molecular weight is 485 g/mol. The van der Waals surface area contributed by atoms with Gasteiger partial charge in [0.25, 0.3) is 0 Å². The molecule has 2 amide bonds. The van der Waals surface area contributed by atoms with Gasteiger partial charge in [-0.25, -0.2) is 4.98 Å². The van der Waals surface area contributed by atoms with Crippen molar-refractivity contribution in [2.45, 2.75) is 32.7 Å². The number of nitrogens with one attached hydrogen (secondary N) is 1. The van der Waals surface area contributed by atoms with E-state index in [0.717, 1.165) is 12.0 Å². The molecule has 1 aromatic carbocycles. The van der Waals surface area contributed by atoms with Gasteiger partial charge in [0.1, 0.15) is 17.2 Å². The number of benzene rings is 1. The molecule has 0 bridgehead atoms. The molecule has 1 aliphatic rings. The molecule has 0 spiro atoms. The number of carbonyl (C=O) groups is 2. The molecule has 0 radical (unpaired) electrons. The van der Waals surface area contributed by atoms with E-state index in [1.807, 2.05) is 12.1 Å². The lowest BCUT2D eigenvalue weighted by molar-refractivity contribution is -0.128. The fourth-order valence-corrected chi connectivity index (χ4v) is 3.94. The number of hydrogen-bond donors (Lipinski definition) is 1. The first kappa shape index (κ1) is 23.2. The van der Waals surface area contributed by atoms with E-state index < -0.39 is 0 Å². The summed E-state index contributed by atoms with van der Waals surface area (Å²) in [6, 6.07) is 14.3. The van der Waals surface area contributed by atoms with Crippen molar-refractivity contribution in [1.29, 1.82) is 0 Å². The maximum absolute atomic E-state index is 12.7. The van der Waals surface area contributed by atoms with E-state index in [1.54, 1.807) is 60.6 Å². The highest BCUT2D eigenvalue weighted by Crippen LogP contribution is 2.29. The zero-order chi connectivity index (χ0) is 24.9. The third-order valence-corrected chi connectivity index (χ3v) is 5.68. The third-order valence-electron chi connectivity index (χ3n) is 5.68. The molecule has 4 aromatic rings. The number of nitrogens with zero attached hydrogens (tertiary/aromatic N) is 5. The lowest BCUT2D eigenvalue weighted by Crippen LogP contribution is -2.25. The second kappa shape index (κ2) is 10.3. The van der Waals surface area contributed by atoms with E-state index in [9.17, 15) is 9.59 Å². The van der Waals surface area contributed by atoms with Crippen LogP contribution in [-0.2, 0) is 22.6 Å². The summed E-state index contributed by atoms with van der Waals surface area (Å²) in [7, 11) is 0.